The molecule has 3 heteroatoms. The number of rotatable bonds is 2. The van der Waals surface area contributed by atoms with Gasteiger partial charge in [0.05, 0.1) is 4.47 Å². The van der Waals surface area contributed by atoms with Crippen LogP contribution in [0.2, 0.25) is 0 Å². The largest absolute Gasteiger partial charge is 0.299 e. The maximum absolute atomic E-state index is 13.1. The molecule has 0 amide bonds. The van der Waals surface area contributed by atoms with Gasteiger partial charge in [-0.2, -0.15) is 0 Å². The second-order valence-corrected chi connectivity index (χ2v) is 6.54. The third-order valence-corrected chi connectivity index (χ3v) is 4.21. The van der Waals surface area contributed by atoms with Crippen LogP contribution >= 0.6 is 15.9 Å². The molecule has 1 heterocycles. The maximum atomic E-state index is 13.1. The van der Waals surface area contributed by atoms with E-state index in [4.69, 9.17) is 0 Å². The third kappa shape index (κ3) is 3.52. The van der Waals surface area contributed by atoms with Crippen molar-refractivity contribution in [1.29, 1.82) is 0 Å². The Balaban J connectivity index is 1.95. The van der Waals surface area contributed by atoms with E-state index in [-0.39, 0.29) is 5.82 Å². The number of hydrogen-bond donors (Lipinski definition) is 0. The predicted octanol–water partition coefficient (Wildman–Crippen LogP) is 4.21. The summed E-state index contributed by atoms with van der Waals surface area (Å²) in [4.78, 5) is 2.45. The number of halogens is 2. The second kappa shape index (κ2) is 5.07. The fourth-order valence-corrected chi connectivity index (χ4v) is 2.64. The van der Waals surface area contributed by atoms with Gasteiger partial charge in [-0.05, 0) is 65.0 Å². The number of hydrogen-bond acceptors (Lipinski definition) is 1. The summed E-state index contributed by atoms with van der Waals surface area (Å²) in [6.45, 7) is 7.87. The van der Waals surface area contributed by atoms with Crippen LogP contribution in [0.1, 0.15) is 32.3 Å². The van der Waals surface area contributed by atoms with Gasteiger partial charge < -0.3 is 0 Å². The van der Waals surface area contributed by atoms with Gasteiger partial charge in [-0.15, -0.1) is 0 Å². The molecular weight excluding hydrogens is 281 g/mol. The molecule has 1 aliphatic heterocycles. The molecule has 1 fully saturated rings. The van der Waals surface area contributed by atoms with Gasteiger partial charge in [0.2, 0.25) is 0 Å². The molecule has 0 aromatic heterocycles. The van der Waals surface area contributed by atoms with Crippen molar-refractivity contribution in [3.05, 3.63) is 34.1 Å². The van der Waals surface area contributed by atoms with Gasteiger partial charge in [-0.25, -0.2) is 4.39 Å². The van der Waals surface area contributed by atoms with Crippen molar-refractivity contribution in [2.24, 2.45) is 5.41 Å². The van der Waals surface area contributed by atoms with Gasteiger partial charge >= 0.3 is 0 Å². The van der Waals surface area contributed by atoms with E-state index in [2.05, 4.69) is 34.7 Å². The van der Waals surface area contributed by atoms with Crippen molar-refractivity contribution >= 4 is 15.9 Å². The lowest BCUT2D eigenvalue weighted by molar-refractivity contribution is 0.127. The first kappa shape index (κ1) is 13.0. The van der Waals surface area contributed by atoms with Crippen molar-refractivity contribution in [3.63, 3.8) is 0 Å². The lowest BCUT2D eigenvalue weighted by atomic mass is 9.82. The lowest BCUT2D eigenvalue weighted by Gasteiger charge is -2.36. The van der Waals surface area contributed by atoms with Crippen LogP contribution in [-0.4, -0.2) is 18.0 Å². The number of piperidine rings is 1. The van der Waals surface area contributed by atoms with Crippen LogP contribution in [0.25, 0.3) is 0 Å². The molecule has 0 unspecified atom stereocenters. The molecule has 0 radical (unpaired) electrons. The fourth-order valence-electron chi connectivity index (χ4n) is 2.21. The Hall–Kier alpha value is -0.410. The third-order valence-electron chi connectivity index (χ3n) is 3.60. The molecule has 1 saturated heterocycles. The quantitative estimate of drug-likeness (QED) is 0.791. The zero-order valence-electron chi connectivity index (χ0n) is 10.5. The minimum atomic E-state index is -0.187. The van der Waals surface area contributed by atoms with E-state index in [1.807, 2.05) is 12.1 Å². The van der Waals surface area contributed by atoms with Gasteiger partial charge in [-0.1, -0.05) is 19.9 Å². The molecule has 1 aliphatic rings. The first-order valence-corrected chi connectivity index (χ1v) is 6.92. The number of likely N-dealkylation sites (tertiary alicyclic amines) is 1. The molecule has 0 N–H and O–H groups in total. The Bertz CT molecular complexity index is 393. The Morgan fingerprint density at radius 2 is 1.94 bits per heavy atom. The summed E-state index contributed by atoms with van der Waals surface area (Å²) in [7, 11) is 0. The molecule has 1 nitrogen and oxygen atoms in total. The van der Waals surface area contributed by atoms with Crippen LogP contribution in [0, 0.1) is 11.2 Å². The average molecular weight is 300 g/mol. The van der Waals surface area contributed by atoms with Gasteiger partial charge in [0, 0.05) is 6.54 Å². The molecule has 1 aromatic carbocycles. The summed E-state index contributed by atoms with van der Waals surface area (Å²) in [5, 5.41) is 0. The van der Waals surface area contributed by atoms with E-state index in [0.29, 0.717) is 9.89 Å². The highest BCUT2D eigenvalue weighted by Gasteiger charge is 2.25. The van der Waals surface area contributed by atoms with Crippen molar-refractivity contribution < 1.29 is 4.39 Å². The summed E-state index contributed by atoms with van der Waals surface area (Å²) in [5.41, 5.74) is 1.66. The molecular formula is C14H19BrFN. The number of nitrogens with zero attached hydrogens (tertiary/aromatic N) is 1. The average Bonchev–Trinajstić information content (AvgIpc) is 2.27. The molecule has 0 atom stereocenters. The Labute approximate surface area is 111 Å². The van der Waals surface area contributed by atoms with Crippen LogP contribution in [0.15, 0.2) is 22.7 Å². The zero-order valence-corrected chi connectivity index (χ0v) is 12.1. The minimum absolute atomic E-state index is 0.187. The van der Waals surface area contributed by atoms with E-state index < -0.39 is 0 Å². The van der Waals surface area contributed by atoms with E-state index in [1.165, 1.54) is 24.5 Å². The predicted molar refractivity (Wildman–Crippen MR) is 72.4 cm³/mol. The summed E-state index contributed by atoms with van der Waals surface area (Å²) in [5.74, 6) is -0.187. The molecule has 0 spiro atoms. The summed E-state index contributed by atoms with van der Waals surface area (Å²) in [6.07, 6.45) is 2.49. The molecule has 0 aliphatic carbocycles. The van der Waals surface area contributed by atoms with Crippen molar-refractivity contribution in [1.82, 2.24) is 4.90 Å². The fraction of sp³-hybridized carbons (Fsp3) is 0.571. The Morgan fingerprint density at radius 3 is 2.53 bits per heavy atom. The lowest BCUT2D eigenvalue weighted by Crippen LogP contribution is -2.36. The highest BCUT2D eigenvalue weighted by molar-refractivity contribution is 9.10. The first-order valence-electron chi connectivity index (χ1n) is 6.13. The highest BCUT2D eigenvalue weighted by Crippen LogP contribution is 2.30. The number of benzene rings is 1. The van der Waals surface area contributed by atoms with E-state index in [9.17, 15) is 4.39 Å². The maximum Gasteiger partial charge on any atom is 0.137 e. The molecule has 0 bridgehead atoms. The summed E-state index contributed by atoms with van der Waals surface area (Å²) < 4.78 is 13.7. The highest BCUT2D eigenvalue weighted by atomic mass is 79.9. The van der Waals surface area contributed by atoms with Crippen molar-refractivity contribution in [3.8, 4) is 0 Å². The minimum Gasteiger partial charge on any atom is -0.299 e. The van der Waals surface area contributed by atoms with E-state index in [1.54, 1.807) is 0 Å². The Kier molecular flexibility index (Phi) is 3.88. The van der Waals surface area contributed by atoms with Crippen LogP contribution in [0.3, 0.4) is 0 Å². The molecule has 94 valence electrons. The normalized spacial score (nSPS) is 20.5. The van der Waals surface area contributed by atoms with Crippen LogP contribution in [-0.2, 0) is 6.54 Å². The van der Waals surface area contributed by atoms with Crippen molar-refractivity contribution in [2.45, 2.75) is 33.2 Å². The standard InChI is InChI=1S/C14H19BrFN/c1-14(2)5-7-17(8-6-14)10-11-3-4-13(16)12(15)9-11/h3-4,9H,5-8,10H2,1-2H3. The van der Waals surface area contributed by atoms with Gasteiger partial charge in [-0.3, -0.25) is 4.90 Å². The SMILES string of the molecule is CC1(C)CCN(Cc2ccc(F)c(Br)c2)CC1. The van der Waals surface area contributed by atoms with Gasteiger partial charge in [0.15, 0.2) is 0 Å². The van der Waals surface area contributed by atoms with E-state index >= 15 is 0 Å². The summed E-state index contributed by atoms with van der Waals surface area (Å²) in [6, 6.07) is 5.29. The first-order chi connectivity index (χ1) is 7.96. The van der Waals surface area contributed by atoms with Crippen LogP contribution in [0.4, 0.5) is 4.39 Å². The van der Waals surface area contributed by atoms with E-state index in [0.717, 1.165) is 19.6 Å². The monoisotopic (exact) mass is 299 g/mol. The summed E-state index contributed by atoms with van der Waals surface area (Å²) >= 11 is 3.24. The molecule has 17 heavy (non-hydrogen) atoms. The van der Waals surface area contributed by atoms with Crippen LogP contribution < -0.4 is 0 Å². The smallest absolute Gasteiger partial charge is 0.137 e. The second-order valence-electron chi connectivity index (χ2n) is 5.69. The molecule has 0 saturated carbocycles. The van der Waals surface area contributed by atoms with Crippen LogP contribution in [0.5, 0.6) is 0 Å². The van der Waals surface area contributed by atoms with Gasteiger partial charge in [0.1, 0.15) is 5.82 Å². The zero-order chi connectivity index (χ0) is 12.5. The molecule has 2 rings (SSSR count). The van der Waals surface area contributed by atoms with Gasteiger partial charge in [0.25, 0.3) is 0 Å². The Morgan fingerprint density at radius 1 is 1.29 bits per heavy atom. The molecule has 1 aromatic rings. The topological polar surface area (TPSA) is 3.24 Å². The van der Waals surface area contributed by atoms with Crippen molar-refractivity contribution in [2.75, 3.05) is 13.1 Å².